The third-order valence-electron chi connectivity index (χ3n) is 4.93. The third kappa shape index (κ3) is 5.10. The molecule has 0 unspecified atom stereocenters. The van der Waals surface area contributed by atoms with E-state index in [0.717, 1.165) is 10.4 Å². The van der Waals surface area contributed by atoms with Gasteiger partial charge in [0, 0.05) is 13.3 Å². The molecule has 0 aliphatic rings. The van der Waals surface area contributed by atoms with Crippen LogP contribution in [0.5, 0.6) is 0 Å². The Kier molecular flexibility index (Phi) is 7.58. The van der Waals surface area contributed by atoms with Crippen LogP contribution in [0.2, 0.25) is 5.04 Å². The normalized spacial score (nSPS) is 14.4. The van der Waals surface area contributed by atoms with Crippen molar-refractivity contribution in [3.8, 4) is 0 Å². The van der Waals surface area contributed by atoms with Gasteiger partial charge in [0.1, 0.15) is 6.10 Å². The van der Waals surface area contributed by atoms with E-state index in [4.69, 9.17) is 9.16 Å². The fourth-order valence-electron chi connectivity index (χ4n) is 3.80. The van der Waals surface area contributed by atoms with E-state index in [1.807, 2.05) is 43.3 Å². The van der Waals surface area contributed by atoms with Gasteiger partial charge in [-0.15, -0.1) is 0 Å². The lowest BCUT2D eigenvalue weighted by Crippen LogP contribution is -2.68. The topological polar surface area (TPSA) is 55.8 Å². The molecule has 28 heavy (non-hydrogen) atoms. The number of rotatable bonds is 8. The van der Waals surface area contributed by atoms with Gasteiger partial charge in [-0.25, -0.2) is 0 Å². The smallest absolute Gasteiger partial charge is 0.302 e. The SMILES string of the molecule is CC(=O)O[C@H](C)C[C@@H](CO)O[Si](c1ccccc1)(c1ccccc1)C(C)(C)C. The second-order valence-electron chi connectivity index (χ2n) is 8.24. The molecule has 0 bridgehead atoms. The Balaban J connectivity index is 2.53. The number of hydrogen-bond donors (Lipinski definition) is 1. The summed E-state index contributed by atoms with van der Waals surface area (Å²) in [5, 5.41) is 12.2. The highest BCUT2D eigenvalue weighted by molar-refractivity contribution is 6.99. The first-order valence-electron chi connectivity index (χ1n) is 9.77. The average Bonchev–Trinajstić information content (AvgIpc) is 2.65. The number of carbonyl (C=O) groups is 1. The largest absolute Gasteiger partial charge is 0.463 e. The fourth-order valence-corrected chi connectivity index (χ4v) is 8.49. The van der Waals surface area contributed by atoms with Crippen molar-refractivity contribution in [2.24, 2.45) is 0 Å². The molecule has 0 saturated heterocycles. The lowest BCUT2D eigenvalue weighted by Gasteiger charge is -2.45. The number of aliphatic hydroxyl groups is 1. The summed E-state index contributed by atoms with van der Waals surface area (Å²) in [6.07, 6.45) is -0.311. The summed E-state index contributed by atoms with van der Waals surface area (Å²) in [4.78, 5) is 11.3. The minimum atomic E-state index is -2.74. The molecule has 152 valence electrons. The molecule has 0 fully saturated rings. The van der Waals surface area contributed by atoms with E-state index in [1.165, 1.54) is 6.92 Å². The van der Waals surface area contributed by atoms with Crippen LogP contribution in [0.4, 0.5) is 0 Å². The predicted octanol–water partition coefficient (Wildman–Crippen LogP) is 3.27. The highest BCUT2D eigenvalue weighted by Crippen LogP contribution is 2.37. The van der Waals surface area contributed by atoms with E-state index in [0.29, 0.717) is 6.42 Å². The molecule has 0 spiro atoms. The van der Waals surface area contributed by atoms with Crippen molar-refractivity contribution in [1.29, 1.82) is 0 Å². The van der Waals surface area contributed by atoms with Gasteiger partial charge >= 0.3 is 5.97 Å². The Labute approximate surface area is 169 Å². The predicted molar refractivity (Wildman–Crippen MR) is 115 cm³/mol. The summed E-state index contributed by atoms with van der Waals surface area (Å²) in [5.74, 6) is -0.324. The molecule has 0 aromatic heterocycles. The molecular formula is C23H32O4Si. The van der Waals surface area contributed by atoms with Crippen LogP contribution >= 0.6 is 0 Å². The first kappa shape index (κ1) is 22.3. The highest BCUT2D eigenvalue weighted by atomic mass is 28.4. The summed E-state index contributed by atoms with van der Waals surface area (Å²) in [7, 11) is -2.74. The lowest BCUT2D eigenvalue weighted by atomic mass is 10.2. The van der Waals surface area contributed by atoms with Crippen LogP contribution in [-0.2, 0) is 14.0 Å². The molecule has 0 heterocycles. The quantitative estimate of drug-likeness (QED) is 0.546. The molecule has 1 N–H and O–H groups in total. The lowest BCUT2D eigenvalue weighted by molar-refractivity contribution is -0.146. The highest BCUT2D eigenvalue weighted by Gasteiger charge is 2.51. The summed E-state index contributed by atoms with van der Waals surface area (Å²) < 4.78 is 12.2. The monoisotopic (exact) mass is 400 g/mol. The molecule has 0 radical (unpaired) electrons. The molecule has 2 aromatic rings. The Morgan fingerprint density at radius 2 is 1.46 bits per heavy atom. The summed E-state index contributed by atoms with van der Waals surface area (Å²) in [5.41, 5.74) is 0. The third-order valence-corrected chi connectivity index (χ3v) is 10.0. The van der Waals surface area contributed by atoms with E-state index in [2.05, 4.69) is 45.0 Å². The van der Waals surface area contributed by atoms with Crippen LogP contribution in [0.25, 0.3) is 0 Å². The number of hydrogen-bond acceptors (Lipinski definition) is 4. The van der Waals surface area contributed by atoms with Crippen LogP contribution in [-0.4, -0.2) is 38.2 Å². The Morgan fingerprint density at radius 1 is 1.00 bits per heavy atom. The van der Waals surface area contributed by atoms with Crippen molar-refractivity contribution in [3.05, 3.63) is 60.7 Å². The van der Waals surface area contributed by atoms with Crippen molar-refractivity contribution < 1.29 is 19.1 Å². The molecule has 0 amide bonds. The van der Waals surface area contributed by atoms with Gasteiger partial charge < -0.3 is 14.3 Å². The Hall–Kier alpha value is -1.95. The minimum absolute atomic E-state index is 0.129. The van der Waals surface area contributed by atoms with Gasteiger partial charge in [-0.3, -0.25) is 4.79 Å². The van der Waals surface area contributed by atoms with Crippen LogP contribution < -0.4 is 10.4 Å². The number of benzene rings is 2. The first-order chi connectivity index (χ1) is 13.2. The van der Waals surface area contributed by atoms with Gasteiger partial charge in [0.15, 0.2) is 0 Å². The Bertz CT molecular complexity index is 701. The molecule has 4 nitrogen and oxygen atoms in total. The average molecular weight is 401 g/mol. The van der Waals surface area contributed by atoms with E-state index in [-0.39, 0.29) is 23.7 Å². The van der Waals surface area contributed by atoms with Gasteiger partial charge in [0.2, 0.25) is 0 Å². The minimum Gasteiger partial charge on any atom is -0.463 e. The maximum atomic E-state index is 11.3. The van der Waals surface area contributed by atoms with Crippen LogP contribution in [0, 0.1) is 0 Å². The second kappa shape index (κ2) is 9.50. The maximum Gasteiger partial charge on any atom is 0.302 e. The zero-order chi connectivity index (χ0) is 20.8. The van der Waals surface area contributed by atoms with Gasteiger partial charge in [-0.05, 0) is 22.3 Å². The zero-order valence-electron chi connectivity index (χ0n) is 17.5. The van der Waals surface area contributed by atoms with Gasteiger partial charge in [0.05, 0.1) is 12.7 Å². The summed E-state index contributed by atoms with van der Waals surface area (Å²) >= 11 is 0. The van der Waals surface area contributed by atoms with Crippen LogP contribution in [0.15, 0.2) is 60.7 Å². The molecule has 5 heteroatoms. The van der Waals surface area contributed by atoms with E-state index < -0.39 is 14.4 Å². The number of esters is 1. The molecular weight excluding hydrogens is 368 g/mol. The Morgan fingerprint density at radius 3 is 1.82 bits per heavy atom. The van der Waals surface area contributed by atoms with Crippen molar-refractivity contribution in [1.82, 2.24) is 0 Å². The van der Waals surface area contributed by atoms with E-state index in [9.17, 15) is 9.90 Å². The summed E-state index contributed by atoms with van der Waals surface area (Å²) in [6.45, 7) is 9.69. The molecule has 2 atom stereocenters. The van der Waals surface area contributed by atoms with Gasteiger partial charge in [0.25, 0.3) is 8.32 Å². The van der Waals surface area contributed by atoms with Crippen molar-refractivity contribution in [3.63, 3.8) is 0 Å². The van der Waals surface area contributed by atoms with Crippen molar-refractivity contribution in [2.75, 3.05) is 6.61 Å². The van der Waals surface area contributed by atoms with Crippen LogP contribution in [0.1, 0.15) is 41.0 Å². The van der Waals surface area contributed by atoms with Crippen molar-refractivity contribution >= 4 is 24.7 Å². The number of carbonyl (C=O) groups excluding carboxylic acids is 1. The molecule has 0 aliphatic carbocycles. The van der Waals surface area contributed by atoms with E-state index >= 15 is 0 Å². The number of aliphatic hydroxyl groups excluding tert-OH is 1. The number of ether oxygens (including phenoxy) is 1. The standard InChI is InChI=1S/C23H32O4Si/c1-18(26-19(2)25)16-20(17-24)27-28(23(3,4)5,21-12-8-6-9-13-21)22-14-10-7-11-15-22/h6-15,18,20,24H,16-17H2,1-5H3/t18-,20+/m1/s1. The molecule has 0 saturated carbocycles. The fraction of sp³-hybridized carbons (Fsp3) is 0.435. The summed E-state index contributed by atoms with van der Waals surface area (Å²) in [6, 6.07) is 20.6. The van der Waals surface area contributed by atoms with Crippen LogP contribution in [0.3, 0.4) is 0 Å². The molecule has 2 aromatic carbocycles. The van der Waals surface area contributed by atoms with Gasteiger partial charge in [-0.1, -0.05) is 81.4 Å². The first-order valence-corrected chi connectivity index (χ1v) is 11.7. The van der Waals surface area contributed by atoms with E-state index in [1.54, 1.807) is 0 Å². The molecule has 2 rings (SSSR count). The van der Waals surface area contributed by atoms with Gasteiger partial charge in [-0.2, -0.15) is 0 Å². The molecule has 0 aliphatic heterocycles. The second-order valence-corrected chi connectivity index (χ2v) is 12.5. The maximum absolute atomic E-state index is 11.3. The van der Waals surface area contributed by atoms with Crippen molar-refractivity contribution in [2.45, 2.75) is 58.3 Å². The zero-order valence-corrected chi connectivity index (χ0v) is 18.5.